The van der Waals surface area contributed by atoms with Crippen LogP contribution in [0.1, 0.15) is 44.4 Å². The van der Waals surface area contributed by atoms with Crippen LogP contribution in [0.4, 0.5) is 0 Å². The molecule has 0 spiro atoms. The topological polar surface area (TPSA) is 0 Å². The molecule has 1 atom stereocenters. The molecule has 1 unspecified atom stereocenters. The van der Waals surface area contributed by atoms with Gasteiger partial charge in [-0.1, -0.05) is 67.2 Å². The fourth-order valence-electron chi connectivity index (χ4n) is 2.50. The van der Waals surface area contributed by atoms with Gasteiger partial charge in [-0.2, -0.15) is 0 Å². The van der Waals surface area contributed by atoms with E-state index in [1.807, 2.05) is 13.8 Å². The van der Waals surface area contributed by atoms with Crippen LogP contribution >= 0.6 is 0 Å². The summed E-state index contributed by atoms with van der Waals surface area (Å²) in [4.78, 5) is 0. The summed E-state index contributed by atoms with van der Waals surface area (Å²) in [5.41, 5.74) is 9.05. The van der Waals surface area contributed by atoms with Gasteiger partial charge in [-0.15, -0.1) is 0 Å². The number of benzene rings is 1. The maximum absolute atomic E-state index is 3.66. The molecule has 0 saturated carbocycles. The van der Waals surface area contributed by atoms with Crippen molar-refractivity contribution in [1.82, 2.24) is 0 Å². The third-order valence-corrected chi connectivity index (χ3v) is 5.90. The fourth-order valence-corrected chi connectivity index (χ4v) is 4.45. The van der Waals surface area contributed by atoms with E-state index in [1.54, 1.807) is 11.1 Å². The van der Waals surface area contributed by atoms with Gasteiger partial charge in [0.25, 0.3) is 0 Å². The van der Waals surface area contributed by atoms with E-state index in [0.717, 1.165) is 16.7 Å². The van der Waals surface area contributed by atoms with E-state index in [0.29, 0.717) is 0 Å². The van der Waals surface area contributed by atoms with Gasteiger partial charge in [-0.3, -0.25) is 0 Å². The van der Waals surface area contributed by atoms with Crippen molar-refractivity contribution >= 4 is 14.4 Å². The zero-order valence-electron chi connectivity index (χ0n) is 14.3. The Morgan fingerprint density at radius 1 is 1.00 bits per heavy atom. The first-order chi connectivity index (χ1) is 9.27. The standard InChI is InChI=1S/C13H17Si.C6H10.Ti/c1-9-10(2)13(14(3)4)12-8-6-5-7-11(9)12;1-5(2)6(3)4;/h5-8,13H,1-4H3;1,3H2,2,4H3;. The first kappa shape index (κ1) is 20.4. The van der Waals surface area contributed by atoms with E-state index in [9.17, 15) is 0 Å². The zero-order valence-corrected chi connectivity index (χ0v) is 16.9. The number of fused-ring (bicyclic) bond motifs is 1. The summed E-state index contributed by atoms with van der Waals surface area (Å²) in [5, 5.41) is 0. The molecule has 0 fully saturated rings. The molecule has 1 aromatic rings. The monoisotopic (exact) mass is 331 g/mol. The largest absolute Gasteiger partial charge is 0.0959 e. The zero-order chi connectivity index (χ0) is 15.4. The van der Waals surface area contributed by atoms with Crippen LogP contribution < -0.4 is 0 Å². The predicted octanol–water partition coefficient (Wildman–Crippen LogP) is 6.01. The smallest absolute Gasteiger partial charge is 0.0552 e. The molecule has 2 rings (SSSR count). The van der Waals surface area contributed by atoms with Crippen LogP contribution in [0, 0.1) is 0 Å². The van der Waals surface area contributed by atoms with E-state index in [-0.39, 0.29) is 30.5 Å². The molecule has 0 N–H and O–H groups in total. The maximum Gasteiger partial charge on any atom is 0.0552 e. The van der Waals surface area contributed by atoms with Gasteiger partial charge in [0.15, 0.2) is 0 Å². The second-order valence-electron chi connectivity index (χ2n) is 5.97. The number of hydrogen-bond donors (Lipinski definition) is 0. The van der Waals surface area contributed by atoms with Crippen molar-refractivity contribution in [2.75, 3.05) is 0 Å². The number of rotatable bonds is 2. The van der Waals surface area contributed by atoms with Crippen LogP contribution in [-0.2, 0) is 21.7 Å². The van der Waals surface area contributed by atoms with Crippen molar-refractivity contribution < 1.29 is 21.7 Å². The number of hydrogen-bond acceptors (Lipinski definition) is 0. The fraction of sp³-hybridized carbons (Fsp3) is 0.368. The van der Waals surface area contributed by atoms with E-state index in [1.165, 1.54) is 11.1 Å². The molecule has 111 valence electrons. The molecule has 1 aliphatic rings. The van der Waals surface area contributed by atoms with Gasteiger partial charge in [0.05, 0.1) is 8.80 Å². The molecule has 1 aliphatic carbocycles. The molecule has 2 heteroatoms. The second kappa shape index (κ2) is 8.73. The van der Waals surface area contributed by atoms with Gasteiger partial charge in [-0.05, 0) is 49.9 Å². The van der Waals surface area contributed by atoms with Crippen molar-refractivity contribution in [3.8, 4) is 0 Å². The molecule has 0 heterocycles. The first-order valence-corrected chi connectivity index (χ1v) is 9.73. The van der Waals surface area contributed by atoms with Gasteiger partial charge < -0.3 is 0 Å². The molecule has 1 aromatic carbocycles. The first-order valence-electron chi connectivity index (χ1n) is 7.15. The van der Waals surface area contributed by atoms with Crippen molar-refractivity contribution in [3.63, 3.8) is 0 Å². The summed E-state index contributed by atoms with van der Waals surface area (Å²) in [6.45, 7) is 20.6. The summed E-state index contributed by atoms with van der Waals surface area (Å²) in [6, 6.07) is 8.88. The number of allylic oxidation sites excluding steroid dienone is 4. The SMILES string of the molecule is C=C(C)C(=C)C.CC1=C(C)C([Si](C)C)c2ccccc21.[Ti]. The van der Waals surface area contributed by atoms with E-state index >= 15 is 0 Å². The third kappa shape index (κ3) is 4.95. The molecular weight excluding hydrogens is 304 g/mol. The minimum atomic E-state index is -0.263. The maximum atomic E-state index is 3.66. The van der Waals surface area contributed by atoms with Crippen LogP contribution in [0.15, 0.2) is 54.1 Å². The van der Waals surface area contributed by atoms with E-state index < -0.39 is 0 Å². The summed E-state index contributed by atoms with van der Waals surface area (Å²) >= 11 is 0. The molecule has 0 bridgehead atoms. The van der Waals surface area contributed by atoms with Crippen molar-refractivity contribution in [1.29, 1.82) is 0 Å². The molecule has 0 amide bonds. The molecule has 0 aliphatic heterocycles. The Morgan fingerprint density at radius 2 is 1.48 bits per heavy atom. The van der Waals surface area contributed by atoms with Crippen LogP contribution in [0.2, 0.25) is 13.1 Å². The van der Waals surface area contributed by atoms with Gasteiger partial charge in [0.2, 0.25) is 0 Å². The van der Waals surface area contributed by atoms with Gasteiger partial charge in [0.1, 0.15) is 0 Å². The Kier molecular flexibility index (Phi) is 8.47. The Morgan fingerprint density at radius 3 is 1.90 bits per heavy atom. The van der Waals surface area contributed by atoms with E-state index in [4.69, 9.17) is 0 Å². The van der Waals surface area contributed by atoms with Crippen LogP contribution in [0.25, 0.3) is 5.57 Å². The minimum absolute atomic E-state index is 0. The van der Waals surface area contributed by atoms with Crippen LogP contribution in [0.3, 0.4) is 0 Å². The predicted molar refractivity (Wildman–Crippen MR) is 94.6 cm³/mol. The van der Waals surface area contributed by atoms with Gasteiger partial charge >= 0.3 is 0 Å². The summed E-state index contributed by atoms with van der Waals surface area (Å²) in [7, 11) is -0.263. The van der Waals surface area contributed by atoms with Crippen LogP contribution in [-0.4, -0.2) is 8.80 Å². The van der Waals surface area contributed by atoms with Crippen LogP contribution in [0.5, 0.6) is 0 Å². The molecular formula is C19H27SiTi. The summed E-state index contributed by atoms with van der Waals surface area (Å²) in [6.07, 6.45) is 0. The van der Waals surface area contributed by atoms with E-state index in [2.05, 4.69) is 64.4 Å². The summed E-state index contributed by atoms with van der Waals surface area (Å²) < 4.78 is 0. The Hall–Kier alpha value is -0.629. The van der Waals surface area contributed by atoms with Crippen molar-refractivity contribution in [3.05, 3.63) is 65.3 Å². The molecule has 1 radical (unpaired) electrons. The van der Waals surface area contributed by atoms with Gasteiger partial charge in [-0.25, -0.2) is 0 Å². The second-order valence-corrected chi connectivity index (χ2v) is 8.70. The summed E-state index contributed by atoms with van der Waals surface area (Å²) in [5.74, 6) is 0. The average molecular weight is 331 g/mol. The Balaban J connectivity index is 0.000000495. The average Bonchev–Trinajstić information content (AvgIpc) is 2.63. The third-order valence-electron chi connectivity index (χ3n) is 4.01. The Labute approximate surface area is 147 Å². The molecule has 0 saturated heterocycles. The Bertz CT molecular complexity index is 540. The molecule has 0 aromatic heterocycles. The van der Waals surface area contributed by atoms with Crippen molar-refractivity contribution in [2.45, 2.75) is 46.3 Å². The quantitative estimate of drug-likeness (QED) is 0.460. The van der Waals surface area contributed by atoms with Crippen molar-refractivity contribution in [2.24, 2.45) is 0 Å². The minimum Gasteiger partial charge on any atom is -0.0959 e. The normalized spacial score (nSPS) is 15.9. The molecule has 0 nitrogen and oxygen atoms in total. The molecule has 21 heavy (non-hydrogen) atoms. The van der Waals surface area contributed by atoms with Gasteiger partial charge in [0, 0.05) is 21.7 Å².